The number of carbonyl (C=O) groups excluding carboxylic acids is 1. The molecule has 1 atom stereocenters. The Hall–Kier alpha value is -2.84. The van der Waals surface area contributed by atoms with E-state index in [0.717, 1.165) is 18.0 Å². The van der Waals surface area contributed by atoms with Crippen molar-refractivity contribution in [2.45, 2.75) is 11.5 Å². The Labute approximate surface area is 138 Å². The Morgan fingerprint density at radius 2 is 2.00 bits per heavy atom. The molecule has 3 aromatic rings. The van der Waals surface area contributed by atoms with Gasteiger partial charge in [-0.3, -0.25) is 9.00 Å². The number of nitrogens with zero attached hydrogens (tertiary/aromatic N) is 1. The molecule has 0 bridgehead atoms. The van der Waals surface area contributed by atoms with Crippen LogP contribution in [0.4, 0.5) is 0 Å². The average molecular weight is 343 g/mol. The fourth-order valence-electron chi connectivity index (χ4n) is 2.20. The zero-order valence-electron chi connectivity index (χ0n) is 12.2. The van der Waals surface area contributed by atoms with Gasteiger partial charge in [-0.15, -0.1) is 0 Å². The predicted molar refractivity (Wildman–Crippen MR) is 85.1 cm³/mol. The van der Waals surface area contributed by atoms with Gasteiger partial charge in [-0.1, -0.05) is 30.3 Å². The van der Waals surface area contributed by atoms with E-state index in [2.05, 4.69) is 9.97 Å². The Kier molecular flexibility index (Phi) is 4.50. The highest BCUT2D eigenvalue weighted by Gasteiger charge is 2.15. The Balaban J connectivity index is 1.97. The van der Waals surface area contributed by atoms with Crippen molar-refractivity contribution in [1.29, 1.82) is 0 Å². The first kappa shape index (κ1) is 16.0. The number of fused-ring (bicyclic) bond motifs is 1. The lowest BCUT2D eigenvalue weighted by atomic mass is 10.1. The van der Waals surface area contributed by atoms with Gasteiger partial charge in [0.2, 0.25) is 0 Å². The molecule has 1 aromatic heterocycles. The number of aromatic nitrogens is 2. The maximum absolute atomic E-state index is 12.2. The number of aromatic amines is 1. The van der Waals surface area contributed by atoms with Crippen LogP contribution in [-0.4, -0.2) is 24.7 Å². The third-order valence-corrected chi connectivity index (χ3v) is 4.01. The minimum absolute atomic E-state index is 0.00543. The minimum atomic E-state index is -2.65. The van der Waals surface area contributed by atoms with Crippen LogP contribution in [0.5, 0.6) is 0 Å². The van der Waals surface area contributed by atoms with Gasteiger partial charge in [-0.2, -0.15) is 0 Å². The van der Waals surface area contributed by atoms with Crippen molar-refractivity contribution in [3.8, 4) is 0 Å². The molecule has 1 unspecified atom stereocenters. The summed E-state index contributed by atoms with van der Waals surface area (Å²) in [4.78, 5) is 30.0. The number of ether oxygens (including phenoxy) is 1. The summed E-state index contributed by atoms with van der Waals surface area (Å²) in [5.41, 5.74) is 0.228. The SMILES string of the molecule is O=C(OCc1ccccc1)c1cc(S(=O)[O-])c2nc[nH]c(=O)c2c1. The first-order chi connectivity index (χ1) is 11.6. The summed E-state index contributed by atoms with van der Waals surface area (Å²) in [7, 11) is 0. The number of H-pyrrole nitrogens is 1. The highest BCUT2D eigenvalue weighted by atomic mass is 32.2. The molecule has 24 heavy (non-hydrogen) atoms. The van der Waals surface area contributed by atoms with Crippen LogP contribution < -0.4 is 5.56 Å². The largest absolute Gasteiger partial charge is 0.768 e. The molecule has 1 N–H and O–H groups in total. The maximum atomic E-state index is 12.2. The van der Waals surface area contributed by atoms with Crippen molar-refractivity contribution < 1.29 is 18.3 Å². The van der Waals surface area contributed by atoms with Crippen molar-refractivity contribution in [3.05, 3.63) is 70.3 Å². The van der Waals surface area contributed by atoms with E-state index >= 15 is 0 Å². The van der Waals surface area contributed by atoms with Gasteiger partial charge in [0.25, 0.3) is 5.56 Å². The molecule has 0 spiro atoms. The van der Waals surface area contributed by atoms with Gasteiger partial charge in [-0.25, -0.2) is 9.78 Å². The van der Waals surface area contributed by atoms with Gasteiger partial charge in [0, 0.05) is 0 Å². The molecule has 0 fully saturated rings. The second-order valence-corrected chi connectivity index (χ2v) is 5.81. The summed E-state index contributed by atoms with van der Waals surface area (Å²) >= 11 is -2.65. The summed E-state index contributed by atoms with van der Waals surface area (Å²) in [6.07, 6.45) is 1.11. The lowest BCUT2D eigenvalue weighted by molar-refractivity contribution is 0.0472. The van der Waals surface area contributed by atoms with Crippen LogP contribution in [0.15, 0.2) is 58.5 Å². The average Bonchev–Trinajstić information content (AvgIpc) is 2.60. The van der Waals surface area contributed by atoms with Gasteiger partial charge in [0.1, 0.15) is 6.61 Å². The van der Waals surface area contributed by atoms with Crippen molar-refractivity contribution in [2.24, 2.45) is 0 Å². The molecular formula is C16H11N2O5S-. The van der Waals surface area contributed by atoms with Crippen molar-refractivity contribution in [1.82, 2.24) is 9.97 Å². The number of esters is 1. The van der Waals surface area contributed by atoms with Crippen LogP contribution in [-0.2, 0) is 22.4 Å². The zero-order chi connectivity index (χ0) is 17.1. The van der Waals surface area contributed by atoms with Gasteiger partial charge in [-0.05, 0) is 28.8 Å². The summed E-state index contributed by atoms with van der Waals surface area (Å²) < 4.78 is 27.9. The summed E-state index contributed by atoms with van der Waals surface area (Å²) in [5, 5.41) is 0.00543. The number of hydrogen-bond acceptors (Lipinski definition) is 6. The van der Waals surface area contributed by atoms with Crippen molar-refractivity contribution in [3.63, 3.8) is 0 Å². The van der Waals surface area contributed by atoms with Crippen LogP contribution in [0.1, 0.15) is 15.9 Å². The first-order valence-electron chi connectivity index (χ1n) is 6.88. The smallest absolute Gasteiger partial charge is 0.338 e. The third kappa shape index (κ3) is 3.24. The molecule has 7 nitrogen and oxygen atoms in total. The monoisotopic (exact) mass is 343 g/mol. The predicted octanol–water partition coefficient (Wildman–Crippen LogP) is 1.52. The maximum Gasteiger partial charge on any atom is 0.338 e. The fraction of sp³-hybridized carbons (Fsp3) is 0.0625. The molecule has 0 saturated carbocycles. The molecule has 0 aliphatic carbocycles. The van der Waals surface area contributed by atoms with E-state index in [1.165, 1.54) is 6.07 Å². The second kappa shape index (κ2) is 6.73. The molecule has 122 valence electrons. The highest BCUT2D eigenvalue weighted by molar-refractivity contribution is 7.79. The van der Waals surface area contributed by atoms with E-state index in [1.54, 1.807) is 12.1 Å². The van der Waals surface area contributed by atoms with Gasteiger partial charge in [0.05, 0.1) is 27.7 Å². The molecule has 8 heteroatoms. The van der Waals surface area contributed by atoms with E-state index in [9.17, 15) is 18.4 Å². The molecule has 2 aromatic carbocycles. The Bertz CT molecular complexity index is 985. The quantitative estimate of drug-likeness (QED) is 0.568. The minimum Gasteiger partial charge on any atom is -0.768 e. The topological polar surface area (TPSA) is 112 Å². The van der Waals surface area contributed by atoms with Gasteiger partial charge < -0.3 is 14.3 Å². The molecule has 0 saturated heterocycles. The first-order valence-corrected chi connectivity index (χ1v) is 7.95. The van der Waals surface area contributed by atoms with E-state index < -0.39 is 22.6 Å². The molecule has 3 rings (SSSR count). The summed E-state index contributed by atoms with van der Waals surface area (Å²) in [6, 6.07) is 11.5. The van der Waals surface area contributed by atoms with E-state index in [1.807, 2.05) is 18.2 Å². The lowest BCUT2D eigenvalue weighted by Gasteiger charge is -2.11. The zero-order valence-corrected chi connectivity index (χ0v) is 13.0. The highest BCUT2D eigenvalue weighted by Crippen LogP contribution is 2.20. The van der Waals surface area contributed by atoms with Crippen molar-refractivity contribution >= 4 is 28.0 Å². The van der Waals surface area contributed by atoms with Crippen LogP contribution in [0, 0.1) is 0 Å². The number of hydrogen-bond donors (Lipinski definition) is 1. The standard InChI is InChI=1S/C16H12N2O5S/c19-15-12-6-11(7-13(24(21)22)14(12)17-9-18-15)16(20)23-8-10-4-2-1-3-5-10/h1-7,9H,8H2,(H,21,22)(H,17,18,19)/p-1. The van der Waals surface area contributed by atoms with E-state index in [0.29, 0.717) is 0 Å². The Morgan fingerprint density at radius 1 is 1.25 bits per heavy atom. The molecule has 0 amide bonds. The van der Waals surface area contributed by atoms with Crippen molar-refractivity contribution in [2.75, 3.05) is 0 Å². The summed E-state index contributed by atoms with van der Waals surface area (Å²) in [6.45, 7) is 0.0386. The number of carbonyl (C=O) groups is 1. The molecular weight excluding hydrogens is 332 g/mol. The van der Waals surface area contributed by atoms with Crippen LogP contribution in [0.25, 0.3) is 10.9 Å². The molecule has 1 heterocycles. The third-order valence-electron chi connectivity index (χ3n) is 3.34. The number of benzene rings is 2. The lowest BCUT2D eigenvalue weighted by Crippen LogP contribution is -2.12. The normalized spacial score (nSPS) is 12.0. The van der Waals surface area contributed by atoms with Crippen LogP contribution >= 0.6 is 0 Å². The fourth-order valence-corrected chi connectivity index (χ4v) is 2.74. The van der Waals surface area contributed by atoms with E-state index in [-0.39, 0.29) is 28.0 Å². The molecule has 0 aliphatic heterocycles. The summed E-state index contributed by atoms with van der Waals surface area (Å²) in [5.74, 6) is -0.726. The van der Waals surface area contributed by atoms with Gasteiger partial charge in [0.15, 0.2) is 0 Å². The van der Waals surface area contributed by atoms with Crippen LogP contribution in [0.2, 0.25) is 0 Å². The number of nitrogens with one attached hydrogen (secondary N) is 1. The van der Waals surface area contributed by atoms with Gasteiger partial charge >= 0.3 is 5.97 Å². The molecule has 0 radical (unpaired) electrons. The number of rotatable bonds is 4. The Morgan fingerprint density at radius 3 is 2.71 bits per heavy atom. The van der Waals surface area contributed by atoms with Crippen LogP contribution in [0.3, 0.4) is 0 Å². The van der Waals surface area contributed by atoms with E-state index in [4.69, 9.17) is 4.74 Å². The molecule has 0 aliphatic rings. The second-order valence-electron chi connectivity index (χ2n) is 4.90.